The second kappa shape index (κ2) is 9.90. The first kappa shape index (κ1) is 22.6. The Balaban J connectivity index is 1.58. The fourth-order valence-electron chi connectivity index (χ4n) is 4.10. The van der Waals surface area contributed by atoms with Crippen LogP contribution in [0.2, 0.25) is 0 Å². The molecule has 0 saturated carbocycles. The van der Waals surface area contributed by atoms with Crippen molar-refractivity contribution in [2.75, 3.05) is 18.0 Å². The number of pyridine rings is 1. The number of amides is 2. The number of nitrogens with zero attached hydrogens (tertiary/aromatic N) is 3. The van der Waals surface area contributed by atoms with Crippen LogP contribution in [0.5, 0.6) is 0 Å². The minimum absolute atomic E-state index is 0.00552. The van der Waals surface area contributed by atoms with Gasteiger partial charge in [0.15, 0.2) is 0 Å². The van der Waals surface area contributed by atoms with Gasteiger partial charge in [-0.15, -0.1) is 0 Å². The number of likely N-dealkylation sites (tertiary alicyclic amines) is 1. The van der Waals surface area contributed by atoms with E-state index in [-0.39, 0.29) is 30.6 Å². The fourth-order valence-corrected chi connectivity index (χ4v) is 4.10. The van der Waals surface area contributed by atoms with Crippen LogP contribution in [-0.4, -0.2) is 34.8 Å². The molecule has 2 aromatic carbocycles. The van der Waals surface area contributed by atoms with Crippen LogP contribution in [0, 0.1) is 24.5 Å². The van der Waals surface area contributed by atoms with Gasteiger partial charge in [0.1, 0.15) is 11.6 Å². The Hall–Kier alpha value is -3.61. The van der Waals surface area contributed by atoms with Gasteiger partial charge in [0.05, 0.1) is 23.8 Å². The van der Waals surface area contributed by atoms with E-state index in [9.17, 15) is 18.4 Å². The Morgan fingerprint density at radius 2 is 1.88 bits per heavy atom. The van der Waals surface area contributed by atoms with Crippen LogP contribution in [0.3, 0.4) is 0 Å². The average Bonchev–Trinajstić information content (AvgIpc) is 2.83. The Kier molecular flexibility index (Phi) is 6.77. The van der Waals surface area contributed by atoms with Gasteiger partial charge < -0.3 is 9.80 Å². The van der Waals surface area contributed by atoms with Crippen molar-refractivity contribution in [3.63, 3.8) is 0 Å². The van der Waals surface area contributed by atoms with Crippen molar-refractivity contribution in [1.82, 2.24) is 9.88 Å². The first-order valence-electron chi connectivity index (χ1n) is 10.9. The lowest BCUT2D eigenvalue weighted by Crippen LogP contribution is -2.47. The molecule has 33 heavy (non-hydrogen) atoms. The predicted molar refractivity (Wildman–Crippen MR) is 122 cm³/mol. The number of hydrogen-bond donors (Lipinski definition) is 0. The van der Waals surface area contributed by atoms with Gasteiger partial charge in [-0.3, -0.25) is 14.6 Å². The number of rotatable bonds is 5. The largest absolute Gasteiger partial charge is 0.338 e. The molecule has 7 heteroatoms. The van der Waals surface area contributed by atoms with Gasteiger partial charge in [-0.1, -0.05) is 23.8 Å². The summed E-state index contributed by atoms with van der Waals surface area (Å²) >= 11 is 0. The minimum atomic E-state index is -0.817. The molecule has 170 valence electrons. The van der Waals surface area contributed by atoms with E-state index in [1.807, 2.05) is 19.1 Å². The van der Waals surface area contributed by atoms with Gasteiger partial charge in [0.25, 0.3) is 5.91 Å². The zero-order valence-electron chi connectivity index (χ0n) is 18.4. The molecule has 0 aliphatic carbocycles. The van der Waals surface area contributed by atoms with Crippen molar-refractivity contribution >= 4 is 17.5 Å². The Bertz CT molecular complexity index is 1140. The van der Waals surface area contributed by atoms with Crippen LogP contribution in [0.1, 0.15) is 34.5 Å². The molecule has 1 unspecified atom stereocenters. The molecule has 0 N–H and O–H groups in total. The van der Waals surface area contributed by atoms with E-state index in [4.69, 9.17) is 0 Å². The normalized spacial score (nSPS) is 15.8. The van der Waals surface area contributed by atoms with Crippen molar-refractivity contribution in [2.45, 2.75) is 26.3 Å². The van der Waals surface area contributed by atoms with E-state index >= 15 is 0 Å². The number of carbonyl (C=O) groups is 2. The Morgan fingerprint density at radius 1 is 1.09 bits per heavy atom. The number of aromatic nitrogens is 1. The number of hydrogen-bond acceptors (Lipinski definition) is 3. The first-order chi connectivity index (χ1) is 15.9. The molecule has 1 atom stereocenters. The van der Waals surface area contributed by atoms with E-state index in [1.54, 1.807) is 41.4 Å². The molecule has 0 bridgehead atoms. The minimum Gasteiger partial charge on any atom is -0.338 e. The zero-order chi connectivity index (χ0) is 23.4. The quantitative estimate of drug-likeness (QED) is 0.565. The summed E-state index contributed by atoms with van der Waals surface area (Å²) in [5.74, 6) is -2.47. The highest BCUT2D eigenvalue weighted by molar-refractivity contribution is 5.97. The van der Waals surface area contributed by atoms with Crippen LogP contribution < -0.4 is 4.90 Å². The van der Waals surface area contributed by atoms with Gasteiger partial charge >= 0.3 is 0 Å². The SMILES string of the molecule is Cc1ccc(C(=O)N2CCCC(C(=O)N(Cc3ccccn3)c3ccc(F)cc3F)C2)cc1. The lowest BCUT2D eigenvalue weighted by molar-refractivity contribution is -0.123. The molecule has 1 aliphatic rings. The van der Waals surface area contributed by atoms with E-state index in [0.29, 0.717) is 30.6 Å². The smallest absolute Gasteiger partial charge is 0.253 e. The number of halogens is 2. The zero-order valence-corrected chi connectivity index (χ0v) is 18.4. The molecule has 0 spiro atoms. The maximum absolute atomic E-state index is 14.7. The summed E-state index contributed by atoms with van der Waals surface area (Å²) in [6.45, 7) is 2.80. The van der Waals surface area contributed by atoms with Crippen LogP contribution in [0.4, 0.5) is 14.5 Å². The molecule has 4 rings (SSSR count). The molecular formula is C26H25F2N3O2. The number of anilines is 1. The van der Waals surface area contributed by atoms with Gasteiger partial charge in [-0.2, -0.15) is 0 Å². The number of carbonyl (C=O) groups excluding carboxylic acids is 2. The summed E-state index contributed by atoms with van der Waals surface area (Å²) in [6, 6.07) is 15.8. The molecule has 1 aromatic heterocycles. The summed E-state index contributed by atoms with van der Waals surface area (Å²) in [4.78, 5) is 33.8. The molecule has 1 fully saturated rings. The molecule has 0 radical (unpaired) electrons. The monoisotopic (exact) mass is 449 g/mol. The van der Waals surface area contributed by atoms with Crippen LogP contribution in [0.15, 0.2) is 66.9 Å². The van der Waals surface area contributed by atoms with Gasteiger partial charge in [-0.25, -0.2) is 8.78 Å². The van der Waals surface area contributed by atoms with Crippen molar-refractivity contribution in [1.29, 1.82) is 0 Å². The molecule has 5 nitrogen and oxygen atoms in total. The summed E-state index contributed by atoms with van der Waals surface area (Å²) in [5.41, 5.74) is 2.21. The maximum atomic E-state index is 14.7. The first-order valence-corrected chi connectivity index (χ1v) is 10.9. The van der Waals surface area contributed by atoms with Gasteiger partial charge in [0, 0.05) is 30.9 Å². The Labute approximate surface area is 191 Å². The van der Waals surface area contributed by atoms with Crippen LogP contribution in [-0.2, 0) is 11.3 Å². The summed E-state index contributed by atoms with van der Waals surface area (Å²) < 4.78 is 28.2. The van der Waals surface area contributed by atoms with Gasteiger partial charge in [-0.05, 0) is 56.2 Å². The summed E-state index contributed by atoms with van der Waals surface area (Å²) in [7, 11) is 0. The molecule has 2 heterocycles. The number of benzene rings is 2. The highest BCUT2D eigenvalue weighted by atomic mass is 19.1. The standard InChI is InChI=1S/C26H25F2N3O2/c1-18-7-9-19(10-8-18)25(32)30-14-4-5-20(16-30)26(33)31(17-22-6-2-3-13-29-22)24-12-11-21(27)15-23(24)28/h2-3,6-13,15,20H,4-5,14,16-17H2,1H3. The fraction of sp³-hybridized carbons (Fsp3) is 0.269. The van der Waals surface area contributed by atoms with Crippen LogP contribution in [0.25, 0.3) is 0 Å². The van der Waals surface area contributed by atoms with E-state index in [1.165, 1.54) is 11.0 Å². The molecule has 1 aliphatic heterocycles. The number of piperidine rings is 1. The molecule has 2 amide bonds. The molecule has 3 aromatic rings. The lowest BCUT2D eigenvalue weighted by atomic mass is 9.95. The third-order valence-electron chi connectivity index (χ3n) is 5.87. The van der Waals surface area contributed by atoms with Crippen molar-refractivity contribution in [3.8, 4) is 0 Å². The second-order valence-corrected chi connectivity index (χ2v) is 8.30. The van der Waals surface area contributed by atoms with E-state index in [0.717, 1.165) is 17.7 Å². The van der Waals surface area contributed by atoms with Crippen molar-refractivity contribution in [2.24, 2.45) is 5.92 Å². The Morgan fingerprint density at radius 3 is 2.58 bits per heavy atom. The third-order valence-corrected chi connectivity index (χ3v) is 5.87. The topological polar surface area (TPSA) is 53.5 Å². The lowest BCUT2D eigenvalue weighted by Gasteiger charge is -2.35. The highest BCUT2D eigenvalue weighted by Crippen LogP contribution is 2.27. The van der Waals surface area contributed by atoms with Crippen molar-refractivity contribution in [3.05, 3.63) is 95.3 Å². The molecule has 1 saturated heterocycles. The van der Waals surface area contributed by atoms with Crippen molar-refractivity contribution < 1.29 is 18.4 Å². The summed E-state index contributed by atoms with van der Waals surface area (Å²) in [5, 5.41) is 0. The third kappa shape index (κ3) is 5.25. The van der Waals surface area contributed by atoms with E-state index in [2.05, 4.69) is 4.98 Å². The van der Waals surface area contributed by atoms with E-state index < -0.39 is 17.6 Å². The van der Waals surface area contributed by atoms with Crippen LogP contribution >= 0.6 is 0 Å². The van der Waals surface area contributed by atoms with Gasteiger partial charge in [0.2, 0.25) is 5.91 Å². The summed E-state index contributed by atoms with van der Waals surface area (Å²) in [6.07, 6.45) is 2.84. The highest BCUT2D eigenvalue weighted by Gasteiger charge is 2.33. The second-order valence-electron chi connectivity index (χ2n) is 8.30. The predicted octanol–water partition coefficient (Wildman–Crippen LogP) is 4.75. The maximum Gasteiger partial charge on any atom is 0.253 e. The average molecular weight is 450 g/mol. The number of aryl methyl sites for hydroxylation is 1. The molecular weight excluding hydrogens is 424 g/mol.